The zero-order valence-electron chi connectivity index (χ0n) is 12.0. The van der Waals surface area contributed by atoms with Crippen molar-refractivity contribution in [2.75, 3.05) is 53.2 Å². The molecule has 2 saturated heterocycles. The molecule has 0 N–H and O–H groups in total. The van der Waals surface area contributed by atoms with E-state index in [-0.39, 0.29) is 32.4 Å². The van der Waals surface area contributed by atoms with Gasteiger partial charge in [-0.15, -0.1) is 0 Å². The lowest BCUT2D eigenvalue weighted by molar-refractivity contribution is -0.0959. The number of cyclic esters (lactones) is 2. The molecule has 2 atom stereocenters. The summed E-state index contributed by atoms with van der Waals surface area (Å²) in [5.74, 6) is 0. The van der Waals surface area contributed by atoms with Crippen LogP contribution in [0.2, 0.25) is 0 Å². The van der Waals surface area contributed by atoms with E-state index in [1.165, 1.54) is 0 Å². The molecule has 0 spiro atoms. The van der Waals surface area contributed by atoms with Crippen LogP contribution in [0.25, 0.3) is 0 Å². The predicted octanol–water partition coefficient (Wildman–Crippen LogP) is 0.682. The third-order valence-electron chi connectivity index (χ3n) is 2.94. The lowest BCUT2D eigenvalue weighted by Crippen LogP contribution is -2.24. The molecular formula is C13H22O8. The van der Waals surface area contributed by atoms with Crippen molar-refractivity contribution in [3.63, 3.8) is 0 Å². The number of carbonyl (C=O) groups excluding carboxylic acids is 1. The highest BCUT2D eigenvalue weighted by molar-refractivity contribution is 5.61. The van der Waals surface area contributed by atoms with Crippen molar-refractivity contribution in [3.8, 4) is 0 Å². The molecule has 8 heteroatoms. The Morgan fingerprint density at radius 2 is 1.71 bits per heavy atom. The third kappa shape index (κ3) is 7.05. The molecule has 8 nitrogen and oxygen atoms in total. The topological polar surface area (TPSA) is 81.7 Å². The molecule has 0 bridgehead atoms. The van der Waals surface area contributed by atoms with Gasteiger partial charge in [-0.2, -0.15) is 0 Å². The fourth-order valence-corrected chi connectivity index (χ4v) is 1.85. The van der Waals surface area contributed by atoms with Crippen molar-refractivity contribution in [2.45, 2.75) is 25.0 Å². The van der Waals surface area contributed by atoms with E-state index in [1.54, 1.807) is 0 Å². The van der Waals surface area contributed by atoms with Crippen molar-refractivity contribution in [1.82, 2.24) is 0 Å². The zero-order valence-corrected chi connectivity index (χ0v) is 12.0. The number of unbranched alkanes of at least 4 members (excludes halogenated alkanes) is 1. The van der Waals surface area contributed by atoms with Crippen molar-refractivity contribution in [1.29, 1.82) is 0 Å². The van der Waals surface area contributed by atoms with E-state index in [4.69, 9.17) is 28.4 Å². The fourth-order valence-electron chi connectivity index (χ4n) is 1.85. The van der Waals surface area contributed by atoms with Crippen LogP contribution in [0.1, 0.15) is 12.8 Å². The monoisotopic (exact) mass is 306 g/mol. The Morgan fingerprint density at radius 1 is 0.952 bits per heavy atom. The molecule has 0 aliphatic carbocycles. The van der Waals surface area contributed by atoms with Crippen LogP contribution in [0.3, 0.4) is 0 Å². The summed E-state index contributed by atoms with van der Waals surface area (Å²) in [6.45, 7) is 3.41. The number of hydrogen-bond acceptors (Lipinski definition) is 8. The van der Waals surface area contributed by atoms with Gasteiger partial charge in [-0.05, 0) is 12.8 Å². The highest BCUT2D eigenvalue weighted by Crippen LogP contribution is 2.06. The Bertz CT molecular complexity index is 290. The minimum absolute atomic E-state index is 0.0687. The first-order valence-corrected chi connectivity index (χ1v) is 7.10. The highest BCUT2D eigenvalue weighted by Gasteiger charge is 2.24. The molecule has 2 aliphatic heterocycles. The molecule has 2 rings (SSSR count). The van der Waals surface area contributed by atoms with Gasteiger partial charge in [0, 0.05) is 13.2 Å². The van der Waals surface area contributed by atoms with E-state index < -0.39 is 6.16 Å². The van der Waals surface area contributed by atoms with E-state index >= 15 is 0 Å². The van der Waals surface area contributed by atoms with Gasteiger partial charge >= 0.3 is 6.16 Å². The second-order valence-corrected chi connectivity index (χ2v) is 4.76. The molecule has 0 aromatic heterocycles. The Labute approximate surface area is 123 Å². The summed E-state index contributed by atoms with van der Waals surface area (Å²) in [5.41, 5.74) is 0. The summed E-state index contributed by atoms with van der Waals surface area (Å²) in [4.78, 5) is 10.7. The molecule has 122 valence electrons. The van der Waals surface area contributed by atoms with E-state index in [2.05, 4.69) is 4.74 Å². The minimum atomic E-state index is -0.618. The van der Waals surface area contributed by atoms with Gasteiger partial charge in [0.2, 0.25) is 0 Å². The van der Waals surface area contributed by atoms with Gasteiger partial charge in [0.05, 0.1) is 19.8 Å². The van der Waals surface area contributed by atoms with Gasteiger partial charge in [-0.3, -0.25) is 0 Å². The second kappa shape index (κ2) is 9.91. The van der Waals surface area contributed by atoms with E-state index in [0.29, 0.717) is 33.0 Å². The number of hydrogen-bond donors (Lipinski definition) is 0. The highest BCUT2D eigenvalue weighted by atomic mass is 16.8. The van der Waals surface area contributed by atoms with Gasteiger partial charge in [0.25, 0.3) is 0 Å². The molecule has 2 unspecified atom stereocenters. The average molecular weight is 306 g/mol. The molecule has 2 heterocycles. The first-order chi connectivity index (χ1) is 10.3. The van der Waals surface area contributed by atoms with Crippen LogP contribution in [-0.2, 0) is 33.2 Å². The Hall–Kier alpha value is -0.930. The van der Waals surface area contributed by atoms with Crippen LogP contribution in [0.5, 0.6) is 0 Å². The molecule has 2 aliphatic rings. The maximum atomic E-state index is 10.7. The quantitative estimate of drug-likeness (QED) is 0.454. The van der Waals surface area contributed by atoms with Crippen LogP contribution in [0, 0.1) is 0 Å². The number of carbonyl (C=O) groups is 1. The third-order valence-corrected chi connectivity index (χ3v) is 2.94. The number of ether oxygens (including phenoxy) is 7. The molecule has 21 heavy (non-hydrogen) atoms. The van der Waals surface area contributed by atoms with Crippen LogP contribution >= 0.6 is 0 Å². The molecule has 0 saturated carbocycles. The van der Waals surface area contributed by atoms with Gasteiger partial charge in [0.1, 0.15) is 26.3 Å². The lowest BCUT2D eigenvalue weighted by atomic mass is 10.3. The van der Waals surface area contributed by atoms with Crippen molar-refractivity contribution in [2.24, 2.45) is 0 Å². The number of rotatable bonds is 9. The Balaban J connectivity index is 1.36. The first-order valence-electron chi connectivity index (χ1n) is 7.10. The van der Waals surface area contributed by atoms with Crippen LogP contribution < -0.4 is 0 Å². The fraction of sp³-hybridized carbons (Fsp3) is 0.923. The summed E-state index contributed by atoms with van der Waals surface area (Å²) in [6, 6.07) is 0. The Kier molecular flexibility index (Phi) is 7.76. The molecule has 0 aromatic rings. The normalized spacial score (nSPS) is 26.2. The summed E-state index contributed by atoms with van der Waals surface area (Å²) in [5, 5.41) is 0. The molecule has 2 fully saturated rings. The van der Waals surface area contributed by atoms with Crippen LogP contribution in [0.15, 0.2) is 0 Å². The van der Waals surface area contributed by atoms with Crippen LogP contribution in [0.4, 0.5) is 4.79 Å². The molecule has 0 aromatic carbocycles. The summed E-state index contributed by atoms with van der Waals surface area (Å²) >= 11 is 0. The maximum Gasteiger partial charge on any atom is 0.508 e. The van der Waals surface area contributed by atoms with E-state index in [9.17, 15) is 4.79 Å². The van der Waals surface area contributed by atoms with Gasteiger partial charge < -0.3 is 33.2 Å². The smallest absolute Gasteiger partial charge is 0.430 e. The molecule has 0 amide bonds. The standard InChI is InChI=1S/C13H22O8/c14-13-19-8-12(21-13)7-16-4-2-1-3-15-5-11-6-17-9-18-10-20-11/h11-12H,1-10H2. The average Bonchev–Trinajstić information content (AvgIpc) is 2.74. The summed E-state index contributed by atoms with van der Waals surface area (Å²) in [7, 11) is 0. The molecule has 0 radical (unpaired) electrons. The Morgan fingerprint density at radius 3 is 2.43 bits per heavy atom. The van der Waals surface area contributed by atoms with Crippen molar-refractivity contribution in [3.05, 3.63) is 0 Å². The zero-order chi connectivity index (χ0) is 14.8. The lowest BCUT2D eigenvalue weighted by Gasteiger charge is -2.13. The predicted molar refractivity (Wildman–Crippen MR) is 68.7 cm³/mol. The van der Waals surface area contributed by atoms with E-state index in [1.807, 2.05) is 0 Å². The van der Waals surface area contributed by atoms with E-state index in [0.717, 1.165) is 12.8 Å². The van der Waals surface area contributed by atoms with Crippen LogP contribution in [-0.4, -0.2) is 71.6 Å². The maximum absolute atomic E-state index is 10.7. The SMILES string of the molecule is O=C1OCC(COCCCCOCC2COCOCO2)O1. The second-order valence-electron chi connectivity index (χ2n) is 4.76. The largest absolute Gasteiger partial charge is 0.508 e. The van der Waals surface area contributed by atoms with Gasteiger partial charge in [-0.1, -0.05) is 0 Å². The van der Waals surface area contributed by atoms with Crippen molar-refractivity contribution < 1.29 is 38.0 Å². The summed E-state index contributed by atoms with van der Waals surface area (Å²) in [6.07, 6.45) is 0.814. The van der Waals surface area contributed by atoms with Gasteiger partial charge in [-0.25, -0.2) is 4.79 Å². The van der Waals surface area contributed by atoms with Crippen molar-refractivity contribution >= 4 is 6.16 Å². The minimum Gasteiger partial charge on any atom is -0.430 e. The van der Waals surface area contributed by atoms with Gasteiger partial charge in [0.15, 0.2) is 6.10 Å². The summed E-state index contributed by atoms with van der Waals surface area (Å²) < 4.78 is 35.9. The molecular weight excluding hydrogens is 284 g/mol. The first kappa shape index (κ1) is 16.4.